The van der Waals surface area contributed by atoms with Crippen LogP contribution in [-0.4, -0.2) is 21.3 Å². The molecule has 1 unspecified atom stereocenters. The highest BCUT2D eigenvalue weighted by atomic mass is 35.5. The highest BCUT2D eigenvalue weighted by molar-refractivity contribution is 7.09. The van der Waals surface area contributed by atoms with E-state index in [0.29, 0.717) is 0 Å². The number of halogens is 1. The Labute approximate surface area is 94.1 Å². The summed E-state index contributed by atoms with van der Waals surface area (Å²) in [5, 5.41) is 4.39. The topological polar surface area (TPSA) is 37.8 Å². The molecule has 1 aromatic rings. The summed E-state index contributed by atoms with van der Waals surface area (Å²) >= 11 is 7.41. The second kappa shape index (κ2) is 6.19. The van der Waals surface area contributed by atoms with Gasteiger partial charge < -0.3 is 5.32 Å². The van der Waals surface area contributed by atoms with Gasteiger partial charge in [-0.3, -0.25) is 0 Å². The Hall–Kier alpha value is -0.350. The zero-order chi connectivity index (χ0) is 10.4. The van der Waals surface area contributed by atoms with Crippen molar-refractivity contribution < 1.29 is 0 Å². The molecule has 0 fully saturated rings. The van der Waals surface area contributed by atoms with Crippen molar-refractivity contribution in [2.75, 3.05) is 11.9 Å². The number of aryl methyl sites for hydroxylation is 1. The predicted octanol–water partition coefficient (Wildman–Crippen LogP) is 2.92. The van der Waals surface area contributed by atoms with E-state index in [1.54, 1.807) is 0 Å². The quantitative estimate of drug-likeness (QED) is 0.768. The van der Waals surface area contributed by atoms with Crippen molar-refractivity contribution in [1.29, 1.82) is 0 Å². The second-order valence-corrected chi connectivity index (χ2v) is 4.46. The number of aromatic nitrogens is 2. The lowest BCUT2D eigenvalue weighted by molar-refractivity contribution is 0.753. The molecule has 0 aliphatic rings. The maximum absolute atomic E-state index is 5.99. The van der Waals surface area contributed by atoms with Crippen LogP contribution in [-0.2, 0) is 6.42 Å². The molecule has 1 aromatic heterocycles. The van der Waals surface area contributed by atoms with Gasteiger partial charge in [-0.1, -0.05) is 13.8 Å². The highest BCUT2D eigenvalue weighted by Gasteiger charge is 2.03. The maximum atomic E-state index is 5.99. The molecule has 14 heavy (non-hydrogen) atoms. The molecule has 3 nitrogen and oxygen atoms in total. The van der Waals surface area contributed by atoms with E-state index >= 15 is 0 Å². The molecule has 1 rings (SSSR count). The van der Waals surface area contributed by atoms with Crippen molar-refractivity contribution in [2.24, 2.45) is 0 Å². The maximum Gasteiger partial charge on any atom is 0.202 e. The predicted molar refractivity (Wildman–Crippen MR) is 62.3 cm³/mol. The fourth-order valence-electron chi connectivity index (χ4n) is 1.01. The zero-order valence-electron chi connectivity index (χ0n) is 8.59. The van der Waals surface area contributed by atoms with Crippen LogP contribution in [0.3, 0.4) is 0 Å². The lowest BCUT2D eigenvalue weighted by Crippen LogP contribution is -2.07. The van der Waals surface area contributed by atoms with Crippen LogP contribution in [0.5, 0.6) is 0 Å². The number of nitrogens with zero attached hydrogens (tertiary/aromatic N) is 2. The van der Waals surface area contributed by atoms with Gasteiger partial charge in [0.1, 0.15) is 5.82 Å². The van der Waals surface area contributed by atoms with Crippen LogP contribution in [0.4, 0.5) is 5.13 Å². The van der Waals surface area contributed by atoms with Gasteiger partial charge in [0.05, 0.1) is 0 Å². The molecular weight excluding hydrogens is 218 g/mol. The first-order valence-corrected chi connectivity index (χ1v) is 6.17. The lowest BCUT2D eigenvalue weighted by atomic mass is 10.2. The Bertz CT molecular complexity index is 264. The SMILES string of the molecule is CCc1nsc(NCCC(Cl)CC)n1. The summed E-state index contributed by atoms with van der Waals surface area (Å²) in [6.45, 7) is 5.02. The minimum absolute atomic E-state index is 0.265. The normalized spacial score (nSPS) is 12.8. The molecule has 0 radical (unpaired) electrons. The van der Waals surface area contributed by atoms with Gasteiger partial charge in [0.2, 0.25) is 5.13 Å². The minimum atomic E-state index is 0.265. The van der Waals surface area contributed by atoms with Crippen LogP contribution in [0.15, 0.2) is 0 Å². The Balaban J connectivity index is 2.24. The van der Waals surface area contributed by atoms with E-state index in [-0.39, 0.29) is 5.38 Å². The fourth-order valence-corrected chi connectivity index (χ4v) is 1.79. The van der Waals surface area contributed by atoms with E-state index < -0.39 is 0 Å². The van der Waals surface area contributed by atoms with E-state index in [1.807, 2.05) is 0 Å². The first kappa shape index (κ1) is 11.7. The fraction of sp³-hybridized carbons (Fsp3) is 0.778. The van der Waals surface area contributed by atoms with Crippen LogP contribution in [0.25, 0.3) is 0 Å². The Morgan fingerprint density at radius 1 is 1.50 bits per heavy atom. The number of hydrogen-bond acceptors (Lipinski definition) is 4. The van der Waals surface area contributed by atoms with Crippen molar-refractivity contribution in [3.05, 3.63) is 5.82 Å². The third-order valence-corrected chi connectivity index (χ3v) is 3.20. The number of anilines is 1. The first-order valence-electron chi connectivity index (χ1n) is 4.96. The van der Waals surface area contributed by atoms with Crippen LogP contribution in [0, 0.1) is 0 Å². The van der Waals surface area contributed by atoms with E-state index in [9.17, 15) is 0 Å². The monoisotopic (exact) mass is 233 g/mol. The van der Waals surface area contributed by atoms with Crippen LogP contribution < -0.4 is 5.32 Å². The van der Waals surface area contributed by atoms with E-state index in [0.717, 1.165) is 36.8 Å². The standard InChI is InChI=1S/C9H16ClN3S/c1-3-7(10)5-6-11-9-12-8(4-2)13-14-9/h7H,3-6H2,1-2H3,(H,11,12,13). The van der Waals surface area contributed by atoms with Gasteiger partial charge in [0.25, 0.3) is 0 Å². The Kier molecular flexibility index (Phi) is 5.19. The molecule has 1 N–H and O–H groups in total. The van der Waals surface area contributed by atoms with Gasteiger partial charge in [0.15, 0.2) is 0 Å². The molecule has 80 valence electrons. The Morgan fingerprint density at radius 2 is 2.29 bits per heavy atom. The molecule has 0 saturated heterocycles. The number of alkyl halides is 1. The lowest BCUT2D eigenvalue weighted by Gasteiger charge is -2.05. The highest BCUT2D eigenvalue weighted by Crippen LogP contribution is 2.12. The van der Waals surface area contributed by atoms with Crippen LogP contribution in [0.1, 0.15) is 32.5 Å². The molecule has 0 aliphatic carbocycles. The van der Waals surface area contributed by atoms with E-state index in [1.165, 1.54) is 11.5 Å². The molecule has 0 amide bonds. The van der Waals surface area contributed by atoms with Crippen molar-refractivity contribution >= 4 is 28.3 Å². The number of rotatable bonds is 6. The van der Waals surface area contributed by atoms with E-state index in [4.69, 9.17) is 11.6 Å². The molecule has 1 heterocycles. The summed E-state index contributed by atoms with van der Waals surface area (Å²) in [5.41, 5.74) is 0. The van der Waals surface area contributed by atoms with Crippen LogP contribution >= 0.6 is 23.1 Å². The third kappa shape index (κ3) is 3.80. The number of hydrogen-bond donors (Lipinski definition) is 1. The number of nitrogens with one attached hydrogen (secondary N) is 1. The zero-order valence-corrected chi connectivity index (χ0v) is 10.2. The average molecular weight is 234 g/mol. The summed E-state index contributed by atoms with van der Waals surface area (Å²) < 4.78 is 4.19. The van der Waals surface area contributed by atoms with Gasteiger partial charge in [-0.05, 0) is 12.8 Å². The van der Waals surface area contributed by atoms with Gasteiger partial charge >= 0.3 is 0 Å². The third-order valence-electron chi connectivity index (χ3n) is 1.96. The summed E-state index contributed by atoms with van der Waals surface area (Å²) in [5.74, 6) is 0.912. The molecule has 0 aliphatic heterocycles. The largest absolute Gasteiger partial charge is 0.360 e. The summed E-state index contributed by atoms with van der Waals surface area (Å²) in [6.07, 6.45) is 2.88. The average Bonchev–Trinajstić information content (AvgIpc) is 2.65. The second-order valence-electron chi connectivity index (χ2n) is 3.09. The summed E-state index contributed by atoms with van der Waals surface area (Å²) in [6, 6.07) is 0. The van der Waals surface area contributed by atoms with E-state index in [2.05, 4.69) is 28.5 Å². The van der Waals surface area contributed by atoms with Crippen molar-refractivity contribution in [1.82, 2.24) is 9.36 Å². The molecule has 5 heteroatoms. The van der Waals surface area contributed by atoms with Gasteiger partial charge in [-0.2, -0.15) is 4.37 Å². The summed E-state index contributed by atoms with van der Waals surface area (Å²) in [4.78, 5) is 4.30. The first-order chi connectivity index (χ1) is 6.76. The molecule has 0 aromatic carbocycles. The molecular formula is C9H16ClN3S. The van der Waals surface area contributed by atoms with Gasteiger partial charge in [-0.25, -0.2) is 4.98 Å². The molecule has 0 bridgehead atoms. The van der Waals surface area contributed by atoms with Gasteiger partial charge in [0, 0.05) is 29.9 Å². The van der Waals surface area contributed by atoms with Gasteiger partial charge in [-0.15, -0.1) is 11.6 Å². The minimum Gasteiger partial charge on any atom is -0.360 e. The van der Waals surface area contributed by atoms with Crippen molar-refractivity contribution in [3.8, 4) is 0 Å². The molecule has 0 spiro atoms. The Morgan fingerprint density at radius 3 is 2.86 bits per heavy atom. The summed E-state index contributed by atoms with van der Waals surface area (Å²) in [7, 11) is 0. The van der Waals surface area contributed by atoms with Crippen LogP contribution in [0.2, 0.25) is 0 Å². The van der Waals surface area contributed by atoms with Crippen molar-refractivity contribution in [3.63, 3.8) is 0 Å². The smallest absolute Gasteiger partial charge is 0.202 e. The van der Waals surface area contributed by atoms with Crippen molar-refractivity contribution in [2.45, 2.75) is 38.5 Å². The molecule has 0 saturated carbocycles. The molecule has 1 atom stereocenters.